The number of rotatable bonds is 6. The average Bonchev–Trinajstić information content (AvgIpc) is 3.48. The van der Waals surface area contributed by atoms with Gasteiger partial charge in [0.2, 0.25) is 0 Å². The summed E-state index contributed by atoms with van der Waals surface area (Å²) in [6.45, 7) is 32.1. The van der Waals surface area contributed by atoms with E-state index in [0.717, 1.165) is 0 Å². The van der Waals surface area contributed by atoms with Crippen molar-refractivity contribution in [3.63, 3.8) is 0 Å². The molecule has 0 N–H and O–H groups in total. The molecule has 0 unspecified atom stereocenters. The molecule has 0 fully saturated rings. The van der Waals surface area contributed by atoms with Crippen LogP contribution in [0.2, 0.25) is 0 Å². The molecule has 310 valence electrons. The number of Topliss-reactive ketones (excluding diaryl/α,β-unsaturated/α-hetero) is 1. The summed E-state index contributed by atoms with van der Waals surface area (Å²) >= 11 is 0. The number of ether oxygens (including phenoxy) is 1. The Morgan fingerprint density at radius 3 is 1.03 bits per heavy atom. The molecule has 0 bridgehead atoms. The maximum atomic E-state index is 11.7. The van der Waals surface area contributed by atoms with E-state index in [1.54, 1.807) is 6.92 Å². The maximum absolute atomic E-state index is 11.7. The zero-order valence-electron chi connectivity index (χ0n) is 38.4. The van der Waals surface area contributed by atoms with Crippen molar-refractivity contribution in [2.75, 3.05) is 6.61 Å². The maximum Gasteiger partial charge on any atom is 0.308 e. The molecule has 0 atom stereocenters. The molecule has 0 saturated carbocycles. The third-order valence-corrected chi connectivity index (χ3v) is 11.9. The predicted molar refractivity (Wildman–Crippen MR) is 247 cm³/mol. The van der Waals surface area contributed by atoms with Crippen molar-refractivity contribution in [1.29, 1.82) is 0 Å². The van der Waals surface area contributed by atoms with Gasteiger partial charge in [-0.2, -0.15) is 0 Å². The van der Waals surface area contributed by atoms with Gasteiger partial charge in [-0.1, -0.05) is 236 Å². The zero-order valence-corrected chi connectivity index (χ0v) is 38.4. The van der Waals surface area contributed by atoms with Gasteiger partial charge >= 0.3 is 5.97 Å². The van der Waals surface area contributed by atoms with Crippen molar-refractivity contribution in [2.45, 2.75) is 115 Å². The van der Waals surface area contributed by atoms with Crippen LogP contribution in [-0.2, 0) is 19.7 Å². The summed E-state index contributed by atoms with van der Waals surface area (Å²) in [6, 6.07) is 49.4. The van der Waals surface area contributed by atoms with Crippen LogP contribution in [0.4, 0.5) is 0 Å². The van der Waals surface area contributed by atoms with Crippen LogP contribution in [-0.4, -0.2) is 18.4 Å². The van der Waals surface area contributed by atoms with Crippen LogP contribution in [0.25, 0.3) is 11.1 Å². The number of fused-ring (bicyclic) bond motifs is 3. The van der Waals surface area contributed by atoms with Gasteiger partial charge in [0.1, 0.15) is 12.4 Å². The van der Waals surface area contributed by atoms with E-state index in [-0.39, 0.29) is 39.8 Å². The minimum Gasteiger partial charge on any atom is -0.464 e. The third kappa shape index (κ3) is 11.9. The van der Waals surface area contributed by atoms with E-state index in [1.807, 2.05) is 46.8 Å². The summed E-state index contributed by atoms with van der Waals surface area (Å²) in [4.78, 5) is 22.2. The Balaban J connectivity index is 0.000000233. The summed E-state index contributed by atoms with van der Waals surface area (Å²) in [7, 11) is 0. The molecule has 0 aromatic heterocycles. The van der Waals surface area contributed by atoms with Gasteiger partial charge in [-0.05, 0) is 62.1 Å². The lowest BCUT2D eigenvalue weighted by atomic mass is 9.56. The Bertz CT molecular complexity index is 1860. The lowest BCUT2D eigenvalue weighted by Gasteiger charge is -2.46. The molecule has 0 aliphatic heterocycles. The molecule has 0 amide bonds. The second-order valence-corrected chi connectivity index (χ2v) is 19.9. The van der Waals surface area contributed by atoms with Crippen molar-refractivity contribution >= 4 is 11.8 Å². The Kier molecular flexibility index (Phi) is 16.3. The van der Waals surface area contributed by atoms with E-state index in [0.29, 0.717) is 17.4 Å². The predicted octanol–water partition coefficient (Wildman–Crippen LogP) is 14.8. The van der Waals surface area contributed by atoms with Gasteiger partial charge in [0.25, 0.3) is 0 Å². The van der Waals surface area contributed by atoms with Crippen LogP contribution in [0.1, 0.15) is 138 Å². The fourth-order valence-corrected chi connectivity index (χ4v) is 6.64. The molecule has 3 nitrogen and oxygen atoms in total. The quantitative estimate of drug-likeness (QED) is 0.127. The zero-order chi connectivity index (χ0) is 43.5. The minimum atomic E-state index is -0.184. The summed E-state index contributed by atoms with van der Waals surface area (Å²) in [5, 5.41) is 0. The number of esters is 1. The molecule has 0 saturated heterocycles. The smallest absolute Gasteiger partial charge is 0.308 e. The van der Waals surface area contributed by atoms with E-state index < -0.39 is 0 Å². The van der Waals surface area contributed by atoms with Crippen LogP contribution in [0, 0.1) is 27.6 Å². The van der Waals surface area contributed by atoms with Gasteiger partial charge < -0.3 is 4.74 Å². The van der Waals surface area contributed by atoms with Crippen LogP contribution in [0.3, 0.4) is 0 Å². The fourth-order valence-electron chi connectivity index (χ4n) is 6.64. The largest absolute Gasteiger partial charge is 0.464 e. The second-order valence-electron chi connectivity index (χ2n) is 19.9. The Morgan fingerprint density at radius 2 is 0.776 bits per heavy atom. The molecular formula is C55H72O3. The van der Waals surface area contributed by atoms with Gasteiger partial charge in [0.15, 0.2) is 0 Å². The molecular weight excluding hydrogens is 709 g/mol. The van der Waals surface area contributed by atoms with Crippen molar-refractivity contribution in [1.82, 2.24) is 0 Å². The van der Waals surface area contributed by atoms with Gasteiger partial charge in [0, 0.05) is 16.7 Å². The fraction of sp³-hybridized carbons (Fsp3) is 0.418. The van der Waals surface area contributed by atoms with Crippen molar-refractivity contribution in [3.8, 4) is 11.1 Å². The van der Waals surface area contributed by atoms with Gasteiger partial charge in [0.05, 0.1) is 5.92 Å². The van der Waals surface area contributed by atoms with E-state index in [4.69, 9.17) is 4.74 Å². The van der Waals surface area contributed by atoms with Crippen LogP contribution in [0.5, 0.6) is 0 Å². The van der Waals surface area contributed by atoms with Gasteiger partial charge in [-0.25, -0.2) is 0 Å². The normalized spacial score (nSPS) is 12.7. The topological polar surface area (TPSA) is 43.4 Å². The number of benzene rings is 5. The Labute approximate surface area is 352 Å². The highest BCUT2D eigenvalue weighted by atomic mass is 16.5. The number of hydrogen-bond donors (Lipinski definition) is 0. The van der Waals surface area contributed by atoms with Crippen LogP contribution in [0.15, 0.2) is 140 Å². The lowest BCUT2D eigenvalue weighted by molar-refractivity contribution is -0.147. The highest BCUT2D eigenvalue weighted by Gasteiger charge is 2.46. The van der Waals surface area contributed by atoms with Gasteiger partial charge in [-0.3, -0.25) is 9.59 Å². The minimum absolute atomic E-state index is 0.0249. The highest BCUT2D eigenvalue weighted by molar-refractivity contribution is 5.81. The van der Waals surface area contributed by atoms with Crippen molar-refractivity contribution in [2.24, 2.45) is 27.6 Å². The number of ketones is 1. The van der Waals surface area contributed by atoms with E-state index in [2.05, 4.69) is 190 Å². The Hall–Kier alpha value is -4.76. The number of carbonyl (C=O) groups excluding carboxylic acids is 2. The second kappa shape index (κ2) is 19.8. The van der Waals surface area contributed by atoms with Crippen LogP contribution >= 0.6 is 0 Å². The first-order chi connectivity index (χ1) is 26.9. The molecule has 0 heterocycles. The monoisotopic (exact) mass is 781 g/mol. The third-order valence-electron chi connectivity index (χ3n) is 11.9. The lowest BCUT2D eigenvalue weighted by Crippen LogP contribution is -2.42. The van der Waals surface area contributed by atoms with Crippen LogP contribution < -0.4 is 0 Å². The van der Waals surface area contributed by atoms with Crippen molar-refractivity contribution in [3.05, 3.63) is 167 Å². The summed E-state index contributed by atoms with van der Waals surface area (Å²) in [5.74, 6) is 0.186. The molecule has 0 radical (unpaired) electrons. The summed E-state index contributed by atoms with van der Waals surface area (Å²) in [6.07, 6.45) is 0. The van der Waals surface area contributed by atoms with Crippen molar-refractivity contribution < 1.29 is 14.3 Å². The number of hydrogen-bond acceptors (Lipinski definition) is 3. The highest BCUT2D eigenvalue weighted by Crippen LogP contribution is 2.51. The molecule has 5 aromatic carbocycles. The molecule has 0 spiro atoms. The van der Waals surface area contributed by atoms with E-state index in [9.17, 15) is 9.59 Å². The van der Waals surface area contributed by atoms with E-state index in [1.165, 1.54) is 38.9 Å². The molecule has 3 heteroatoms. The molecule has 58 heavy (non-hydrogen) atoms. The standard InChI is InChI=1S/C23H24.C18H18O2.C8H18.C6H12O/c1-22(2,3)23(19-13-7-4-8-14-19,20-15-9-5-10-16-20)21-17-11-6-12-18-21;1-12(2)18(19)20-11-17-15-9-5-3-7-13(15)14-8-4-6-10-16(14)17;1-7(2,3)8(4,5)6;1-5(7)6(2,3)4/h4-18H,1-3H3;3-10,12,17H,11H2,1-2H3;1-6H3;1-4H3. The first kappa shape index (κ1) is 47.6. The average molecular weight is 781 g/mol. The summed E-state index contributed by atoms with van der Waals surface area (Å²) < 4.78 is 5.46. The molecule has 5 aromatic rings. The summed E-state index contributed by atoms with van der Waals surface area (Å²) in [5.41, 5.74) is 9.62. The van der Waals surface area contributed by atoms with E-state index >= 15 is 0 Å². The molecule has 1 aliphatic carbocycles. The molecule has 6 rings (SSSR count). The van der Waals surface area contributed by atoms with Gasteiger partial charge in [-0.15, -0.1) is 0 Å². The first-order valence-corrected chi connectivity index (χ1v) is 21.0. The SMILES string of the molecule is CC(=O)C(C)(C)C.CC(C)(C)C(C)(C)C.CC(C)(C)C(c1ccccc1)(c1ccccc1)c1ccccc1.CC(C)C(=O)OCC1c2ccccc2-c2ccccc21. The Morgan fingerprint density at radius 1 is 0.483 bits per heavy atom. The molecule has 1 aliphatic rings. The number of carbonyl (C=O) groups is 2. The first-order valence-electron chi connectivity index (χ1n) is 21.0.